The van der Waals surface area contributed by atoms with Crippen molar-refractivity contribution in [1.29, 1.82) is 0 Å². The molecule has 0 aromatic rings. The molecule has 1 fully saturated rings. The lowest BCUT2D eigenvalue weighted by Gasteiger charge is -2.37. The van der Waals surface area contributed by atoms with Gasteiger partial charge in [0.1, 0.15) is 5.92 Å². The van der Waals surface area contributed by atoms with Crippen molar-refractivity contribution in [2.75, 3.05) is 6.61 Å². The smallest absolute Gasteiger partial charge is 0.311 e. The summed E-state index contributed by atoms with van der Waals surface area (Å²) in [6.07, 6.45) is -0.286. The van der Waals surface area contributed by atoms with Gasteiger partial charge in [-0.3, -0.25) is 4.79 Å². The average molecular weight is 174 g/mol. The molecule has 70 valence electrons. The van der Waals surface area contributed by atoms with Crippen LogP contribution in [0.15, 0.2) is 0 Å². The molecule has 0 saturated carbocycles. The Balaban J connectivity index is 2.60. The quantitative estimate of drug-likeness (QED) is 0.640. The van der Waals surface area contributed by atoms with Gasteiger partial charge in [-0.05, 0) is 20.8 Å². The summed E-state index contributed by atoms with van der Waals surface area (Å²) in [5.74, 6) is -2.05. The summed E-state index contributed by atoms with van der Waals surface area (Å²) in [6.45, 7) is 5.54. The van der Waals surface area contributed by atoms with Gasteiger partial charge < -0.3 is 14.6 Å². The van der Waals surface area contributed by atoms with Gasteiger partial charge >= 0.3 is 5.97 Å². The largest absolute Gasteiger partial charge is 0.481 e. The molecular weight excluding hydrogens is 160 g/mol. The van der Waals surface area contributed by atoms with Crippen LogP contribution in [-0.4, -0.2) is 29.6 Å². The molecule has 1 heterocycles. The van der Waals surface area contributed by atoms with Gasteiger partial charge in [-0.2, -0.15) is 0 Å². The predicted octanol–water partition coefficient (Wildman–Crippen LogP) is 0.859. The van der Waals surface area contributed by atoms with Gasteiger partial charge in [0.15, 0.2) is 5.79 Å². The van der Waals surface area contributed by atoms with Crippen LogP contribution < -0.4 is 0 Å². The Kier molecular flexibility index (Phi) is 2.39. The lowest BCUT2D eigenvalue weighted by Crippen LogP contribution is -2.47. The van der Waals surface area contributed by atoms with E-state index in [0.29, 0.717) is 0 Å². The summed E-state index contributed by atoms with van der Waals surface area (Å²) < 4.78 is 10.6. The van der Waals surface area contributed by atoms with E-state index in [1.807, 2.05) is 0 Å². The molecule has 1 rings (SSSR count). The Bertz CT molecular complexity index is 187. The highest BCUT2D eigenvalue weighted by molar-refractivity contribution is 5.70. The van der Waals surface area contributed by atoms with Crippen LogP contribution in [0.5, 0.6) is 0 Å². The van der Waals surface area contributed by atoms with Crippen LogP contribution in [0.3, 0.4) is 0 Å². The van der Waals surface area contributed by atoms with Crippen LogP contribution >= 0.6 is 0 Å². The monoisotopic (exact) mass is 174 g/mol. The van der Waals surface area contributed by atoms with E-state index < -0.39 is 17.7 Å². The van der Waals surface area contributed by atoms with Crippen LogP contribution in [0.4, 0.5) is 0 Å². The first-order valence-corrected chi connectivity index (χ1v) is 3.97. The van der Waals surface area contributed by atoms with Crippen molar-refractivity contribution >= 4 is 5.97 Å². The lowest BCUT2D eigenvalue weighted by atomic mass is 10.0. The second kappa shape index (κ2) is 3.03. The summed E-state index contributed by atoms with van der Waals surface area (Å²) >= 11 is 0. The second-order valence-corrected chi connectivity index (χ2v) is 3.48. The molecule has 0 radical (unpaired) electrons. The first-order valence-electron chi connectivity index (χ1n) is 3.97. The number of ether oxygens (including phenoxy) is 2. The SMILES string of the molecule is CC1OC(C)(C)OCC1C(=O)O. The lowest BCUT2D eigenvalue weighted by molar-refractivity contribution is -0.286. The van der Waals surface area contributed by atoms with Crippen LogP contribution in [0.2, 0.25) is 0 Å². The highest BCUT2D eigenvalue weighted by atomic mass is 16.7. The van der Waals surface area contributed by atoms with Crippen LogP contribution in [0.25, 0.3) is 0 Å². The van der Waals surface area contributed by atoms with Crippen molar-refractivity contribution in [3.8, 4) is 0 Å². The van der Waals surface area contributed by atoms with E-state index in [-0.39, 0.29) is 12.7 Å². The second-order valence-electron chi connectivity index (χ2n) is 3.48. The van der Waals surface area contributed by atoms with Gasteiger partial charge in [-0.15, -0.1) is 0 Å². The van der Waals surface area contributed by atoms with Gasteiger partial charge in [-0.1, -0.05) is 0 Å². The summed E-state index contributed by atoms with van der Waals surface area (Å²) in [4.78, 5) is 10.6. The number of aliphatic carboxylic acids is 1. The fourth-order valence-electron chi connectivity index (χ4n) is 1.26. The molecule has 2 unspecified atom stereocenters. The minimum absolute atomic E-state index is 0.226. The fraction of sp³-hybridized carbons (Fsp3) is 0.875. The van der Waals surface area contributed by atoms with Crippen LogP contribution in [0.1, 0.15) is 20.8 Å². The number of carbonyl (C=O) groups is 1. The van der Waals surface area contributed by atoms with Crippen LogP contribution in [0, 0.1) is 5.92 Å². The van der Waals surface area contributed by atoms with Gasteiger partial charge in [0.2, 0.25) is 0 Å². The maximum Gasteiger partial charge on any atom is 0.311 e. The van der Waals surface area contributed by atoms with E-state index in [9.17, 15) is 4.79 Å². The molecule has 12 heavy (non-hydrogen) atoms. The molecule has 0 amide bonds. The van der Waals surface area contributed by atoms with Crippen molar-refractivity contribution < 1.29 is 19.4 Å². The Morgan fingerprint density at radius 3 is 2.58 bits per heavy atom. The Hall–Kier alpha value is -0.610. The first kappa shape index (κ1) is 9.48. The van der Waals surface area contributed by atoms with Crippen molar-refractivity contribution in [1.82, 2.24) is 0 Å². The normalized spacial score (nSPS) is 34.6. The molecule has 4 nitrogen and oxygen atoms in total. The minimum atomic E-state index is -0.863. The molecule has 1 aliphatic heterocycles. The molecule has 0 spiro atoms. The first-order chi connectivity index (χ1) is 5.42. The molecule has 1 aliphatic rings. The van der Waals surface area contributed by atoms with Gasteiger partial charge in [0.05, 0.1) is 12.7 Å². The Morgan fingerprint density at radius 2 is 2.17 bits per heavy atom. The van der Waals surface area contributed by atoms with Gasteiger partial charge in [0.25, 0.3) is 0 Å². The molecule has 1 saturated heterocycles. The van der Waals surface area contributed by atoms with E-state index in [1.54, 1.807) is 20.8 Å². The van der Waals surface area contributed by atoms with Crippen molar-refractivity contribution in [2.24, 2.45) is 5.92 Å². The highest BCUT2D eigenvalue weighted by Crippen LogP contribution is 2.25. The zero-order valence-corrected chi connectivity index (χ0v) is 7.53. The number of hydrogen-bond acceptors (Lipinski definition) is 3. The Labute approximate surface area is 71.5 Å². The summed E-state index contributed by atoms with van der Waals surface area (Å²) in [5, 5.41) is 8.72. The number of rotatable bonds is 1. The minimum Gasteiger partial charge on any atom is -0.481 e. The third-order valence-corrected chi connectivity index (χ3v) is 1.96. The molecule has 0 aliphatic carbocycles. The van der Waals surface area contributed by atoms with Crippen molar-refractivity contribution in [3.63, 3.8) is 0 Å². The topological polar surface area (TPSA) is 55.8 Å². The average Bonchev–Trinajstić information content (AvgIpc) is 1.83. The van der Waals surface area contributed by atoms with E-state index in [4.69, 9.17) is 14.6 Å². The van der Waals surface area contributed by atoms with E-state index in [1.165, 1.54) is 0 Å². The number of carboxylic acid groups (broad SMARTS) is 1. The molecule has 4 heteroatoms. The zero-order chi connectivity index (χ0) is 9.35. The van der Waals surface area contributed by atoms with Crippen molar-refractivity contribution in [3.05, 3.63) is 0 Å². The highest BCUT2D eigenvalue weighted by Gasteiger charge is 2.37. The summed E-state index contributed by atoms with van der Waals surface area (Å²) in [6, 6.07) is 0. The molecule has 1 N–H and O–H groups in total. The number of carboxylic acids is 1. The Morgan fingerprint density at radius 1 is 1.58 bits per heavy atom. The van der Waals surface area contributed by atoms with Crippen molar-refractivity contribution in [2.45, 2.75) is 32.7 Å². The maximum absolute atomic E-state index is 10.6. The number of hydrogen-bond donors (Lipinski definition) is 1. The molecule has 2 atom stereocenters. The third kappa shape index (κ3) is 1.95. The van der Waals surface area contributed by atoms with Gasteiger partial charge in [-0.25, -0.2) is 0 Å². The zero-order valence-electron chi connectivity index (χ0n) is 7.53. The van der Waals surface area contributed by atoms with Crippen LogP contribution in [-0.2, 0) is 14.3 Å². The van der Waals surface area contributed by atoms with E-state index in [2.05, 4.69) is 0 Å². The third-order valence-electron chi connectivity index (χ3n) is 1.96. The molecule has 0 aromatic carbocycles. The van der Waals surface area contributed by atoms with E-state index in [0.717, 1.165) is 0 Å². The van der Waals surface area contributed by atoms with Gasteiger partial charge in [0, 0.05) is 0 Å². The predicted molar refractivity (Wildman–Crippen MR) is 41.7 cm³/mol. The van der Waals surface area contributed by atoms with E-state index >= 15 is 0 Å². The summed E-state index contributed by atoms with van der Waals surface area (Å²) in [7, 11) is 0. The fourth-order valence-corrected chi connectivity index (χ4v) is 1.26. The maximum atomic E-state index is 10.6. The summed E-state index contributed by atoms with van der Waals surface area (Å²) in [5.41, 5.74) is 0. The standard InChI is InChI=1S/C8H14O4/c1-5-6(7(9)10)4-11-8(2,3)12-5/h5-6H,4H2,1-3H3,(H,9,10). The molecular formula is C8H14O4. The molecule has 0 bridgehead atoms. The molecule has 0 aromatic heterocycles.